The Hall–Kier alpha value is -2.99. The summed E-state index contributed by atoms with van der Waals surface area (Å²) in [6.07, 6.45) is 8.26. The van der Waals surface area contributed by atoms with Crippen LogP contribution in [0.1, 0.15) is 29.8 Å². The molecule has 0 saturated carbocycles. The standard InChI is InChI=1S/C21H19N5S/c1-2-6-14(7-3-1)17-12-27-21-19(17)20(22-13-23-21)26-24-11-16-10-15-8-4-5-9-18(15)25-16/h1-3,6-7,10-13,25H,4-5,8-9H2,(H,22,23,26)/b24-11+. The van der Waals surface area contributed by atoms with Crippen LogP contribution in [0.15, 0.2) is 53.2 Å². The minimum absolute atomic E-state index is 0.729. The summed E-state index contributed by atoms with van der Waals surface area (Å²) in [7, 11) is 0. The maximum atomic E-state index is 4.43. The number of rotatable bonds is 4. The molecule has 1 aliphatic rings. The molecule has 3 heterocycles. The first kappa shape index (κ1) is 16.2. The van der Waals surface area contributed by atoms with Crippen molar-refractivity contribution in [2.24, 2.45) is 5.10 Å². The van der Waals surface area contributed by atoms with Crippen molar-refractivity contribution in [3.8, 4) is 11.1 Å². The number of hydrogen-bond acceptors (Lipinski definition) is 5. The molecule has 0 fully saturated rings. The van der Waals surface area contributed by atoms with E-state index in [2.05, 4.69) is 49.1 Å². The van der Waals surface area contributed by atoms with Crippen molar-refractivity contribution in [1.82, 2.24) is 15.0 Å². The van der Waals surface area contributed by atoms with Crippen molar-refractivity contribution in [2.45, 2.75) is 25.7 Å². The van der Waals surface area contributed by atoms with Gasteiger partial charge in [-0.3, -0.25) is 5.43 Å². The number of nitrogens with one attached hydrogen (secondary N) is 2. The van der Waals surface area contributed by atoms with E-state index in [4.69, 9.17) is 0 Å². The van der Waals surface area contributed by atoms with E-state index in [-0.39, 0.29) is 0 Å². The third kappa shape index (κ3) is 3.13. The number of thiophene rings is 1. The molecule has 0 radical (unpaired) electrons. The van der Waals surface area contributed by atoms with Gasteiger partial charge in [0.2, 0.25) is 0 Å². The summed E-state index contributed by atoms with van der Waals surface area (Å²) in [6.45, 7) is 0. The summed E-state index contributed by atoms with van der Waals surface area (Å²) >= 11 is 1.62. The predicted molar refractivity (Wildman–Crippen MR) is 112 cm³/mol. The number of hydrogen-bond donors (Lipinski definition) is 2. The fourth-order valence-corrected chi connectivity index (χ4v) is 4.57. The third-order valence-corrected chi connectivity index (χ3v) is 5.85. The van der Waals surface area contributed by atoms with Gasteiger partial charge < -0.3 is 4.98 Å². The molecule has 0 saturated heterocycles. The monoisotopic (exact) mass is 373 g/mol. The van der Waals surface area contributed by atoms with Crippen molar-refractivity contribution >= 4 is 33.6 Å². The predicted octanol–water partition coefficient (Wildman–Crippen LogP) is 5.01. The molecule has 2 N–H and O–H groups in total. The number of anilines is 1. The maximum Gasteiger partial charge on any atom is 0.159 e. The molecule has 0 unspecified atom stereocenters. The summed E-state index contributed by atoms with van der Waals surface area (Å²) < 4.78 is 0. The molecular formula is C21H19N5S. The van der Waals surface area contributed by atoms with Gasteiger partial charge in [0, 0.05) is 16.6 Å². The van der Waals surface area contributed by atoms with E-state index in [9.17, 15) is 0 Å². The summed E-state index contributed by atoms with van der Waals surface area (Å²) in [5, 5.41) is 7.57. The Morgan fingerprint density at radius 1 is 1.11 bits per heavy atom. The number of fused-ring (bicyclic) bond motifs is 2. The van der Waals surface area contributed by atoms with E-state index in [0.717, 1.165) is 45.7 Å². The highest BCUT2D eigenvalue weighted by Crippen LogP contribution is 2.36. The van der Waals surface area contributed by atoms with E-state index in [1.165, 1.54) is 24.1 Å². The van der Waals surface area contributed by atoms with Gasteiger partial charge >= 0.3 is 0 Å². The molecule has 134 valence electrons. The highest BCUT2D eigenvalue weighted by Gasteiger charge is 2.13. The van der Waals surface area contributed by atoms with E-state index in [0.29, 0.717) is 0 Å². The summed E-state index contributed by atoms with van der Waals surface area (Å²) in [5.41, 5.74) is 9.22. The number of aromatic nitrogens is 3. The molecule has 5 nitrogen and oxygen atoms in total. The quantitative estimate of drug-likeness (QED) is 0.390. The average molecular weight is 373 g/mol. The molecule has 0 spiro atoms. The topological polar surface area (TPSA) is 66.0 Å². The molecule has 3 aromatic heterocycles. The average Bonchev–Trinajstić information content (AvgIpc) is 3.33. The molecule has 4 aromatic rings. The zero-order chi connectivity index (χ0) is 18.1. The maximum absolute atomic E-state index is 4.43. The van der Waals surface area contributed by atoms with Crippen molar-refractivity contribution in [3.05, 3.63) is 65.1 Å². The van der Waals surface area contributed by atoms with E-state index < -0.39 is 0 Å². The first-order valence-electron chi connectivity index (χ1n) is 9.16. The highest BCUT2D eigenvalue weighted by atomic mass is 32.1. The number of H-pyrrole nitrogens is 1. The van der Waals surface area contributed by atoms with Crippen molar-refractivity contribution in [1.29, 1.82) is 0 Å². The fourth-order valence-electron chi connectivity index (χ4n) is 3.65. The van der Waals surface area contributed by atoms with Crippen LogP contribution in [0.4, 0.5) is 5.82 Å². The Balaban J connectivity index is 1.45. The molecule has 1 aliphatic carbocycles. The van der Waals surface area contributed by atoms with Gasteiger partial charge in [0.05, 0.1) is 17.3 Å². The lowest BCUT2D eigenvalue weighted by molar-refractivity contribution is 0.677. The lowest BCUT2D eigenvalue weighted by Crippen LogP contribution is -1.99. The van der Waals surface area contributed by atoms with Crippen LogP contribution < -0.4 is 5.43 Å². The molecular weight excluding hydrogens is 354 g/mol. The van der Waals surface area contributed by atoms with Crippen molar-refractivity contribution in [2.75, 3.05) is 5.43 Å². The molecule has 6 heteroatoms. The normalized spacial score (nSPS) is 13.9. The number of nitrogens with zero attached hydrogens (tertiary/aromatic N) is 3. The SMILES string of the molecule is C(=N\Nc1ncnc2scc(-c3ccccc3)c12)/c1cc2c([nH]1)CCCC2. The van der Waals surface area contributed by atoms with Crippen LogP contribution in [0.25, 0.3) is 21.3 Å². The second kappa shape index (κ2) is 6.96. The second-order valence-electron chi connectivity index (χ2n) is 6.72. The van der Waals surface area contributed by atoms with Gasteiger partial charge in [-0.1, -0.05) is 30.3 Å². The highest BCUT2D eigenvalue weighted by molar-refractivity contribution is 7.17. The number of aryl methyl sites for hydroxylation is 2. The Bertz CT molecular complexity index is 1090. The Morgan fingerprint density at radius 2 is 2.00 bits per heavy atom. The third-order valence-electron chi connectivity index (χ3n) is 4.96. The molecule has 27 heavy (non-hydrogen) atoms. The smallest absolute Gasteiger partial charge is 0.159 e. The van der Waals surface area contributed by atoms with Gasteiger partial charge in [-0.2, -0.15) is 5.10 Å². The van der Waals surface area contributed by atoms with Crippen LogP contribution in [-0.4, -0.2) is 21.2 Å². The lowest BCUT2D eigenvalue weighted by atomic mass is 9.98. The molecule has 0 amide bonds. The molecule has 5 rings (SSSR count). The largest absolute Gasteiger partial charge is 0.357 e. The second-order valence-corrected chi connectivity index (χ2v) is 7.58. The zero-order valence-electron chi connectivity index (χ0n) is 14.8. The van der Waals surface area contributed by atoms with Gasteiger partial charge in [0.25, 0.3) is 0 Å². The van der Waals surface area contributed by atoms with Crippen LogP contribution in [0.5, 0.6) is 0 Å². The van der Waals surface area contributed by atoms with Crippen LogP contribution in [-0.2, 0) is 12.8 Å². The number of benzene rings is 1. The van der Waals surface area contributed by atoms with Gasteiger partial charge in [-0.15, -0.1) is 11.3 Å². The summed E-state index contributed by atoms with van der Waals surface area (Å²) in [5.74, 6) is 0.729. The van der Waals surface area contributed by atoms with Gasteiger partial charge in [-0.05, 0) is 42.9 Å². The Labute approximate surface area is 161 Å². The molecule has 0 atom stereocenters. The van der Waals surface area contributed by atoms with Gasteiger partial charge in [-0.25, -0.2) is 9.97 Å². The fraction of sp³-hybridized carbons (Fsp3) is 0.190. The van der Waals surface area contributed by atoms with Gasteiger partial charge in [0.15, 0.2) is 5.82 Å². The first-order chi connectivity index (χ1) is 13.4. The number of hydrazone groups is 1. The minimum Gasteiger partial charge on any atom is -0.357 e. The molecule has 0 bridgehead atoms. The first-order valence-corrected chi connectivity index (χ1v) is 10.0. The van der Waals surface area contributed by atoms with Gasteiger partial charge in [0.1, 0.15) is 11.2 Å². The van der Waals surface area contributed by atoms with Crippen LogP contribution in [0.3, 0.4) is 0 Å². The Morgan fingerprint density at radius 3 is 2.89 bits per heavy atom. The Kier molecular flexibility index (Phi) is 4.18. The zero-order valence-corrected chi connectivity index (χ0v) is 15.6. The summed E-state index contributed by atoms with van der Waals surface area (Å²) in [4.78, 5) is 13.3. The van der Waals surface area contributed by atoms with Crippen LogP contribution in [0, 0.1) is 0 Å². The van der Waals surface area contributed by atoms with E-state index in [1.54, 1.807) is 17.7 Å². The van der Waals surface area contributed by atoms with Crippen molar-refractivity contribution in [3.63, 3.8) is 0 Å². The van der Waals surface area contributed by atoms with Crippen LogP contribution in [0.2, 0.25) is 0 Å². The summed E-state index contributed by atoms with van der Waals surface area (Å²) in [6, 6.07) is 12.5. The van der Waals surface area contributed by atoms with Crippen LogP contribution >= 0.6 is 11.3 Å². The number of aromatic amines is 1. The van der Waals surface area contributed by atoms with Crippen molar-refractivity contribution < 1.29 is 0 Å². The van der Waals surface area contributed by atoms with E-state index in [1.807, 2.05) is 24.4 Å². The van der Waals surface area contributed by atoms with E-state index >= 15 is 0 Å². The molecule has 1 aromatic carbocycles. The lowest BCUT2D eigenvalue weighted by Gasteiger charge is -2.08. The minimum atomic E-state index is 0.729. The molecule has 0 aliphatic heterocycles.